The molecule has 0 fully saturated rings. The molecule has 1 heterocycles. The van der Waals surface area contributed by atoms with Crippen molar-refractivity contribution in [1.29, 1.82) is 0 Å². The average Bonchev–Trinajstić information content (AvgIpc) is 2.77. The summed E-state index contributed by atoms with van der Waals surface area (Å²) in [5.41, 5.74) is 2.15. The van der Waals surface area contributed by atoms with Crippen molar-refractivity contribution in [2.45, 2.75) is 45.6 Å². The smallest absolute Gasteiger partial charge is 0.263 e. The van der Waals surface area contributed by atoms with Gasteiger partial charge in [0, 0.05) is 6.04 Å². The van der Waals surface area contributed by atoms with Crippen LogP contribution < -0.4 is 10.0 Å². The van der Waals surface area contributed by atoms with E-state index >= 15 is 0 Å². The molecule has 0 aliphatic heterocycles. The number of nitrogens with zero attached hydrogens (tertiary/aromatic N) is 1. The van der Waals surface area contributed by atoms with Crippen molar-refractivity contribution < 1.29 is 13.2 Å². The zero-order valence-corrected chi connectivity index (χ0v) is 15.9. The number of anilines is 1. The van der Waals surface area contributed by atoms with E-state index < -0.39 is 10.0 Å². The normalized spacial score (nSPS) is 11.6. The maximum atomic E-state index is 12.6. The first-order valence-corrected chi connectivity index (χ1v) is 9.78. The zero-order valence-electron chi connectivity index (χ0n) is 14.3. The molecule has 0 unspecified atom stereocenters. The van der Waals surface area contributed by atoms with E-state index in [-0.39, 0.29) is 22.0 Å². The highest BCUT2D eigenvalue weighted by Crippen LogP contribution is 2.26. The number of carbonyl (C=O) groups is 1. The summed E-state index contributed by atoms with van der Waals surface area (Å²) in [7, 11) is -3.75. The highest BCUT2D eigenvalue weighted by Gasteiger charge is 2.21. The van der Waals surface area contributed by atoms with Crippen LogP contribution in [-0.2, 0) is 10.0 Å². The number of aryl methyl sites for hydroxylation is 3. The highest BCUT2D eigenvalue weighted by atomic mass is 32.2. The maximum Gasteiger partial charge on any atom is 0.263 e. The molecule has 130 valence electrons. The molecule has 2 rings (SSSR count). The number of carbonyl (C=O) groups excluding carboxylic acids is 1. The minimum absolute atomic E-state index is 0.00523. The minimum Gasteiger partial charge on any atom is -0.349 e. The third-order valence-corrected chi connectivity index (χ3v) is 5.96. The van der Waals surface area contributed by atoms with Gasteiger partial charge >= 0.3 is 0 Å². The largest absolute Gasteiger partial charge is 0.349 e. The molecule has 0 saturated carbocycles. The summed E-state index contributed by atoms with van der Waals surface area (Å²) >= 11 is 1.03. The van der Waals surface area contributed by atoms with Crippen molar-refractivity contribution >= 4 is 32.4 Å². The Morgan fingerprint density at radius 1 is 1.21 bits per heavy atom. The Hall–Kier alpha value is -1.93. The van der Waals surface area contributed by atoms with Crippen LogP contribution in [0.25, 0.3) is 0 Å². The van der Waals surface area contributed by atoms with E-state index in [0.29, 0.717) is 16.1 Å². The van der Waals surface area contributed by atoms with Gasteiger partial charge in [0.05, 0.1) is 10.6 Å². The number of hydrogen-bond donors (Lipinski definition) is 2. The molecular formula is C16H21N3O3S2. The lowest BCUT2D eigenvalue weighted by molar-refractivity contribution is 0.0946. The van der Waals surface area contributed by atoms with Crippen LogP contribution in [0.2, 0.25) is 0 Å². The number of thiazole rings is 1. The SMILES string of the molecule is Cc1ccc(S(=O)(=O)Nc2nc(C)c(C(=O)NC(C)C)s2)c(C)c1. The predicted molar refractivity (Wildman–Crippen MR) is 96.2 cm³/mol. The van der Waals surface area contributed by atoms with Crippen LogP contribution in [0.15, 0.2) is 23.1 Å². The van der Waals surface area contributed by atoms with Crippen LogP contribution in [0.1, 0.15) is 40.3 Å². The number of aromatic nitrogens is 1. The van der Waals surface area contributed by atoms with Gasteiger partial charge in [-0.3, -0.25) is 9.52 Å². The van der Waals surface area contributed by atoms with Gasteiger partial charge in [0.25, 0.3) is 15.9 Å². The van der Waals surface area contributed by atoms with E-state index in [1.54, 1.807) is 26.0 Å². The van der Waals surface area contributed by atoms with E-state index in [0.717, 1.165) is 16.9 Å². The molecule has 6 nitrogen and oxygen atoms in total. The van der Waals surface area contributed by atoms with E-state index in [9.17, 15) is 13.2 Å². The molecule has 8 heteroatoms. The summed E-state index contributed by atoms with van der Waals surface area (Å²) in [4.78, 5) is 16.9. The molecule has 0 radical (unpaired) electrons. The Kier molecular flexibility index (Phi) is 5.29. The van der Waals surface area contributed by atoms with Gasteiger partial charge in [-0.15, -0.1) is 0 Å². The summed E-state index contributed by atoms with van der Waals surface area (Å²) in [5, 5.41) is 2.96. The molecule has 2 aromatic rings. The molecule has 0 aliphatic carbocycles. The first-order valence-electron chi connectivity index (χ1n) is 7.48. The van der Waals surface area contributed by atoms with E-state index in [1.165, 1.54) is 0 Å². The molecule has 0 spiro atoms. The second-order valence-electron chi connectivity index (χ2n) is 5.94. The number of benzene rings is 1. The third kappa shape index (κ3) is 4.12. The topological polar surface area (TPSA) is 88.2 Å². The summed E-state index contributed by atoms with van der Waals surface area (Å²) in [6.45, 7) is 9.05. The van der Waals surface area contributed by atoms with Crippen molar-refractivity contribution in [3.63, 3.8) is 0 Å². The van der Waals surface area contributed by atoms with Gasteiger partial charge in [-0.1, -0.05) is 29.0 Å². The first kappa shape index (κ1) is 18.4. The zero-order chi connectivity index (χ0) is 18.1. The molecule has 0 atom stereocenters. The Labute approximate surface area is 146 Å². The predicted octanol–water partition coefficient (Wildman–Crippen LogP) is 3.01. The number of hydrogen-bond acceptors (Lipinski definition) is 5. The lowest BCUT2D eigenvalue weighted by atomic mass is 10.2. The van der Waals surface area contributed by atoms with Crippen molar-refractivity contribution in [2.24, 2.45) is 0 Å². The molecule has 1 aromatic carbocycles. The number of nitrogens with one attached hydrogen (secondary N) is 2. The maximum absolute atomic E-state index is 12.6. The molecule has 0 bridgehead atoms. The van der Waals surface area contributed by atoms with Gasteiger partial charge in [0.15, 0.2) is 5.13 Å². The van der Waals surface area contributed by atoms with Crippen LogP contribution in [0.4, 0.5) is 5.13 Å². The minimum atomic E-state index is -3.75. The van der Waals surface area contributed by atoms with E-state index in [2.05, 4.69) is 15.0 Å². The van der Waals surface area contributed by atoms with Crippen molar-refractivity contribution in [1.82, 2.24) is 10.3 Å². The van der Waals surface area contributed by atoms with Crippen molar-refractivity contribution in [3.8, 4) is 0 Å². The van der Waals surface area contributed by atoms with Crippen LogP contribution in [-0.4, -0.2) is 25.4 Å². The standard InChI is InChI=1S/C16H21N3O3S2/c1-9(2)17-15(20)14-12(5)18-16(23-14)19-24(21,22)13-7-6-10(3)8-11(13)4/h6-9H,1-5H3,(H,17,20)(H,18,19). The molecule has 2 N–H and O–H groups in total. The van der Waals surface area contributed by atoms with Gasteiger partial charge in [-0.25, -0.2) is 13.4 Å². The third-order valence-electron chi connectivity index (χ3n) is 3.26. The lowest BCUT2D eigenvalue weighted by Gasteiger charge is -2.08. The van der Waals surface area contributed by atoms with Crippen molar-refractivity contribution in [3.05, 3.63) is 39.9 Å². The Bertz CT molecular complexity index is 871. The quantitative estimate of drug-likeness (QED) is 0.850. The fourth-order valence-electron chi connectivity index (χ4n) is 2.25. The Morgan fingerprint density at radius 2 is 1.88 bits per heavy atom. The average molecular weight is 367 g/mol. The fourth-order valence-corrected chi connectivity index (χ4v) is 4.58. The van der Waals surface area contributed by atoms with Gasteiger partial charge < -0.3 is 5.32 Å². The highest BCUT2D eigenvalue weighted by molar-refractivity contribution is 7.93. The van der Waals surface area contributed by atoms with Crippen LogP contribution >= 0.6 is 11.3 Å². The molecule has 0 aliphatic rings. The number of rotatable bonds is 5. The molecule has 1 aromatic heterocycles. The summed E-state index contributed by atoms with van der Waals surface area (Å²) in [6, 6.07) is 5.12. The van der Waals surface area contributed by atoms with Gasteiger partial charge in [0.1, 0.15) is 4.88 Å². The Morgan fingerprint density at radius 3 is 2.46 bits per heavy atom. The summed E-state index contributed by atoms with van der Waals surface area (Å²) in [5.74, 6) is -0.253. The van der Waals surface area contributed by atoms with Crippen LogP contribution in [0, 0.1) is 20.8 Å². The van der Waals surface area contributed by atoms with E-state index in [1.807, 2.05) is 26.8 Å². The first-order chi connectivity index (χ1) is 11.1. The van der Waals surface area contributed by atoms with Crippen LogP contribution in [0.5, 0.6) is 0 Å². The second kappa shape index (κ2) is 6.90. The molecular weight excluding hydrogens is 346 g/mol. The van der Waals surface area contributed by atoms with Gasteiger partial charge in [-0.05, 0) is 46.2 Å². The van der Waals surface area contributed by atoms with Gasteiger partial charge in [-0.2, -0.15) is 0 Å². The van der Waals surface area contributed by atoms with Gasteiger partial charge in [0.2, 0.25) is 0 Å². The van der Waals surface area contributed by atoms with E-state index in [4.69, 9.17) is 0 Å². The number of amides is 1. The Balaban J connectivity index is 2.29. The van der Waals surface area contributed by atoms with Crippen molar-refractivity contribution in [2.75, 3.05) is 4.72 Å². The molecule has 24 heavy (non-hydrogen) atoms. The second-order valence-corrected chi connectivity index (χ2v) is 8.59. The summed E-state index contributed by atoms with van der Waals surface area (Å²) in [6.07, 6.45) is 0. The molecule has 0 saturated heterocycles. The monoisotopic (exact) mass is 367 g/mol. The van der Waals surface area contributed by atoms with Crippen LogP contribution in [0.3, 0.4) is 0 Å². The molecule has 1 amide bonds. The fraction of sp³-hybridized carbons (Fsp3) is 0.375. The number of sulfonamides is 1. The summed E-state index contributed by atoms with van der Waals surface area (Å²) < 4.78 is 27.6. The lowest BCUT2D eigenvalue weighted by Crippen LogP contribution is -2.29.